The summed E-state index contributed by atoms with van der Waals surface area (Å²) in [5, 5.41) is 11.6. The van der Waals surface area contributed by atoms with Crippen LogP contribution in [0.25, 0.3) is 0 Å². The number of methoxy groups -OCH3 is 1. The molecule has 8 rings (SSSR count). The van der Waals surface area contributed by atoms with E-state index in [4.69, 9.17) is 4.74 Å². The Morgan fingerprint density at radius 2 is 1.43 bits per heavy atom. The summed E-state index contributed by atoms with van der Waals surface area (Å²) in [5.41, 5.74) is 1.58. The number of ether oxygens (including phenoxy) is 1. The van der Waals surface area contributed by atoms with Crippen LogP contribution < -0.4 is 14.5 Å². The summed E-state index contributed by atoms with van der Waals surface area (Å²) in [6.45, 7) is 1.77. The lowest BCUT2D eigenvalue weighted by Crippen LogP contribution is -2.49. The molecule has 10 heteroatoms. The van der Waals surface area contributed by atoms with Crippen LogP contribution in [0, 0.1) is 29.1 Å². The molecule has 0 bridgehead atoms. The zero-order valence-electron chi connectivity index (χ0n) is 27.8. The van der Waals surface area contributed by atoms with Crippen LogP contribution in [0.5, 0.6) is 11.5 Å². The lowest BCUT2D eigenvalue weighted by atomic mass is 9.51. The number of para-hydroxylation sites is 1. The van der Waals surface area contributed by atoms with Gasteiger partial charge in [-0.2, -0.15) is 0 Å². The number of anilines is 2. The standard InChI is InChI=1S/C41H33BrN2O7/c1-41-31(38(48)44(40(41)50)25-11-7-4-8-12-25)21-29-27(34(41)30-19-24(42)20-32(51-2)36(30)46)17-18-28-33(29)39(49)43(37(28)47)26-15-13-23(14-16-26)35(45)22-9-5-3-6-10-22/h3-17,19-20,28-29,31,33-34,46H,18,21H2,1-2H3/t28-,29+,31-,33-,34+,41+/m0/s1. The molecule has 6 atom stereocenters. The number of fused-ring (bicyclic) bond motifs is 4. The molecule has 2 aliphatic carbocycles. The van der Waals surface area contributed by atoms with Gasteiger partial charge in [-0.25, -0.2) is 4.90 Å². The Balaban J connectivity index is 1.21. The molecule has 3 fully saturated rings. The van der Waals surface area contributed by atoms with Crippen LogP contribution >= 0.6 is 15.9 Å². The van der Waals surface area contributed by atoms with Gasteiger partial charge >= 0.3 is 0 Å². The number of hydrogen-bond donors (Lipinski definition) is 1. The van der Waals surface area contributed by atoms with Crippen molar-refractivity contribution in [2.75, 3.05) is 16.9 Å². The van der Waals surface area contributed by atoms with Crippen molar-refractivity contribution in [1.29, 1.82) is 0 Å². The Bertz CT molecular complexity index is 2170. The molecule has 4 aromatic rings. The van der Waals surface area contributed by atoms with Crippen molar-refractivity contribution in [3.63, 3.8) is 0 Å². The van der Waals surface area contributed by atoms with Crippen LogP contribution in [-0.4, -0.2) is 41.6 Å². The minimum atomic E-state index is -1.32. The molecule has 0 spiro atoms. The number of benzene rings is 4. The summed E-state index contributed by atoms with van der Waals surface area (Å²) in [5.74, 6) is -5.34. The molecular formula is C41H33BrN2O7. The van der Waals surface area contributed by atoms with E-state index in [2.05, 4.69) is 15.9 Å². The van der Waals surface area contributed by atoms with Gasteiger partial charge in [0.1, 0.15) is 0 Å². The third-order valence-corrected chi connectivity index (χ3v) is 11.8. The summed E-state index contributed by atoms with van der Waals surface area (Å²) in [6, 6.07) is 27.4. The van der Waals surface area contributed by atoms with E-state index in [1.54, 1.807) is 97.9 Å². The summed E-state index contributed by atoms with van der Waals surface area (Å²) in [6.07, 6.45) is 2.36. The lowest BCUT2D eigenvalue weighted by Gasteiger charge is -2.49. The normalized spacial score (nSPS) is 26.8. The summed E-state index contributed by atoms with van der Waals surface area (Å²) in [4.78, 5) is 73.0. The number of carbonyl (C=O) groups excluding carboxylic acids is 5. The second kappa shape index (κ2) is 12.2. The number of carbonyl (C=O) groups is 5. The number of phenols is 1. The average Bonchev–Trinajstić information content (AvgIpc) is 3.52. The molecule has 4 aliphatic rings. The van der Waals surface area contributed by atoms with E-state index in [9.17, 15) is 29.1 Å². The van der Waals surface area contributed by atoms with Crippen LogP contribution in [0.4, 0.5) is 11.4 Å². The third-order valence-electron chi connectivity index (χ3n) is 11.3. The molecule has 9 nitrogen and oxygen atoms in total. The zero-order valence-corrected chi connectivity index (χ0v) is 29.4. The number of ketones is 1. The molecule has 1 N–H and O–H groups in total. The number of allylic oxidation sites excluding steroid dienone is 2. The van der Waals surface area contributed by atoms with Gasteiger partial charge in [-0.05, 0) is 74.2 Å². The minimum Gasteiger partial charge on any atom is -0.504 e. The van der Waals surface area contributed by atoms with Crippen molar-refractivity contribution in [2.24, 2.45) is 29.1 Å². The van der Waals surface area contributed by atoms with Crippen LogP contribution in [-0.2, 0) is 19.2 Å². The summed E-state index contributed by atoms with van der Waals surface area (Å²) >= 11 is 3.53. The number of amides is 4. The molecule has 2 heterocycles. The maximum atomic E-state index is 14.6. The fraction of sp³-hybridized carbons (Fsp3) is 0.244. The first-order valence-corrected chi connectivity index (χ1v) is 17.6. The number of halogens is 1. The number of imide groups is 2. The zero-order chi connectivity index (χ0) is 35.8. The maximum Gasteiger partial charge on any atom is 0.241 e. The Labute approximate surface area is 302 Å². The molecule has 2 saturated heterocycles. The van der Waals surface area contributed by atoms with Gasteiger partial charge in [0.25, 0.3) is 0 Å². The molecule has 0 radical (unpaired) electrons. The van der Waals surface area contributed by atoms with Gasteiger partial charge < -0.3 is 9.84 Å². The van der Waals surface area contributed by atoms with Crippen molar-refractivity contribution in [3.05, 3.63) is 130 Å². The molecule has 0 unspecified atom stereocenters. The predicted molar refractivity (Wildman–Crippen MR) is 192 cm³/mol. The average molecular weight is 746 g/mol. The van der Waals surface area contributed by atoms with E-state index in [1.807, 2.05) is 12.1 Å². The van der Waals surface area contributed by atoms with E-state index in [0.29, 0.717) is 32.5 Å². The van der Waals surface area contributed by atoms with E-state index in [-0.39, 0.29) is 41.9 Å². The first-order chi connectivity index (χ1) is 24.6. The van der Waals surface area contributed by atoms with Crippen molar-refractivity contribution >= 4 is 56.7 Å². The highest BCUT2D eigenvalue weighted by molar-refractivity contribution is 9.10. The Hall–Kier alpha value is -5.35. The van der Waals surface area contributed by atoms with E-state index in [0.717, 1.165) is 5.57 Å². The lowest BCUT2D eigenvalue weighted by molar-refractivity contribution is -0.131. The first kappa shape index (κ1) is 32.8. The molecule has 4 amide bonds. The molecule has 0 aromatic heterocycles. The van der Waals surface area contributed by atoms with Crippen LogP contribution in [0.2, 0.25) is 0 Å². The number of nitrogens with zero attached hydrogens (tertiary/aromatic N) is 2. The molecule has 256 valence electrons. The van der Waals surface area contributed by atoms with E-state index >= 15 is 0 Å². The largest absolute Gasteiger partial charge is 0.504 e. The van der Waals surface area contributed by atoms with Gasteiger partial charge in [-0.1, -0.05) is 76.1 Å². The highest BCUT2D eigenvalue weighted by Crippen LogP contribution is 2.65. The predicted octanol–water partition coefficient (Wildman–Crippen LogP) is 6.83. The van der Waals surface area contributed by atoms with E-state index < -0.39 is 46.8 Å². The van der Waals surface area contributed by atoms with Gasteiger partial charge in [-0.15, -0.1) is 0 Å². The molecular weight excluding hydrogens is 712 g/mol. The van der Waals surface area contributed by atoms with Crippen molar-refractivity contribution in [2.45, 2.75) is 25.7 Å². The van der Waals surface area contributed by atoms with E-state index in [1.165, 1.54) is 16.9 Å². The first-order valence-electron chi connectivity index (χ1n) is 16.8. The number of hydrogen-bond acceptors (Lipinski definition) is 7. The topological polar surface area (TPSA) is 121 Å². The Morgan fingerprint density at radius 1 is 0.804 bits per heavy atom. The van der Waals surface area contributed by atoms with Crippen LogP contribution in [0.1, 0.15) is 47.2 Å². The highest BCUT2D eigenvalue weighted by atomic mass is 79.9. The molecule has 51 heavy (non-hydrogen) atoms. The van der Waals surface area contributed by atoms with Crippen molar-refractivity contribution in [3.8, 4) is 11.5 Å². The van der Waals surface area contributed by atoms with Gasteiger partial charge in [-0.3, -0.25) is 28.9 Å². The summed E-state index contributed by atoms with van der Waals surface area (Å²) < 4.78 is 6.10. The van der Waals surface area contributed by atoms with Crippen LogP contribution in [0.3, 0.4) is 0 Å². The molecule has 1 saturated carbocycles. The van der Waals surface area contributed by atoms with Crippen molar-refractivity contribution in [1.82, 2.24) is 0 Å². The fourth-order valence-electron chi connectivity index (χ4n) is 8.93. The summed E-state index contributed by atoms with van der Waals surface area (Å²) in [7, 11) is 1.44. The number of phenolic OH excluding ortho intramolecular Hbond substituents is 1. The second-order valence-corrected chi connectivity index (χ2v) is 14.7. The molecule has 4 aromatic carbocycles. The van der Waals surface area contributed by atoms with Crippen LogP contribution in [0.15, 0.2) is 113 Å². The smallest absolute Gasteiger partial charge is 0.241 e. The second-order valence-electron chi connectivity index (χ2n) is 13.8. The Kier molecular flexibility index (Phi) is 7.83. The quantitative estimate of drug-likeness (QED) is 0.131. The van der Waals surface area contributed by atoms with Gasteiger partial charge in [0, 0.05) is 27.1 Å². The number of aromatic hydroxyl groups is 1. The Morgan fingerprint density at radius 3 is 2.10 bits per heavy atom. The minimum absolute atomic E-state index is 0.159. The fourth-order valence-corrected chi connectivity index (χ4v) is 9.38. The van der Waals surface area contributed by atoms with Crippen molar-refractivity contribution < 1.29 is 33.8 Å². The maximum absolute atomic E-state index is 14.6. The third kappa shape index (κ3) is 4.83. The van der Waals surface area contributed by atoms with Gasteiger partial charge in [0.15, 0.2) is 17.3 Å². The highest BCUT2D eigenvalue weighted by Gasteiger charge is 2.68. The van der Waals surface area contributed by atoms with Gasteiger partial charge in [0.2, 0.25) is 23.6 Å². The SMILES string of the molecule is COc1cc(Br)cc([C@H]2C3=CC[C@@H]4C(=O)N(c5ccc(C(=O)c6ccccc6)cc5)C(=O)[C@@H]4[C@@H]3C[C@H]3C(=O)N(c4ccccc4)C(=O)[C@@]23C)c1O. The monoisotopic (exact) mass is 744 g/mol. The number of rotatable bonds is 6. The van der Waals surface area contributed by atoms with Gasteiger partial charge in [0.05, 0.1) is 41.7 Å². The molecule has 2 aliphatic heterocycles.